The van der Waals surface area contributed by atoms with Crippen molar-refractivity contribution in [1.29, 1.82) is 5.26 Å². The standard InChI is InChI=1S/C15H9F3N2O2/c16-15(17,18)12-5-1-2-6-13(12)20-14(21)10(9-19)8-11-4-3-7-22-11/h1-8H,(H,20,21)/b10-8+. The zero-order valence-electron chi connectivity index (χ0n) is 11.0. The number of nitrogens with one attached hydrogen (secondary N) is 1. The Morgan fingerprint density at radius 1 is 1.23 bits per heavy atom. The Hall–Kier alpha value is -3.01. The van der Waals surface area contributed by atoms with E-state index in [1.54, 1.807) is 12.1 Å². The van der Waals surface area contributed by atoms with Crippen molar-refractivity contribution < 1.29 is 22.4 Å². The Bertz CT molecular complexity index is 741. The molecule has 0 saturated carbocycles. The van der Waals surface area contributed by atoms with Gasteiger partial charge in [0.05, 0.1) is 17.5 Å². The molecule has 0 aliphatic carbocycles. The second-order valence-electron chi connectivity index (χ2n) is 4.18. The summed E-state index contributed by atoms with van der Waals surface area (Å²) in [6.07, 6.45) is -2.12. The van der Waals surface area contributed by atoms with Crippen LogP contribution < -0.4 is 5.32 Å². The number of nitrogens with zero attached hydrogens (tertiary/aromatic N) is 1. The fourth-order valence-electron chi connectivity index (χ4n) is 1.69. The van der Waals surface area contributed by atoms with Gasteiger partial charge in [0.1, 0.15) is 17.4 Å². The third-order valence-electron chi connectivity index (χ3n) is 2.68. The number of nitriles is 1. The topological polar surface area (TPSA) is 66.0 Å². The second-order valence-corrected chi connectivity index (χ2v) is 4.18. The molecule has 0 atom stereocenters. The Labute approximate surface area is 123 Å². The highest BCUT2D eigenvalue weighted by Gasteiger charge is 2.33. The van der Waals surface area contributed by atoms with E-state index >= 15 is 0 Å². The van der Waals surface area contributed by atoms with Gasteiger partial charge in [-0.05, 0) is 24.3 Å². The summed E-state index contributed by atoms with van der Waals surface area (Å²) in [5.41, 5.74) is -1.77. The van der Waals surface area contributed by atoms with Gasteiger partial charge in [0.2, 0.25) is 0 Å². The smallest absolute Gasteiger partial charge is 0.418 e. The van der Waals surface area contributed by atoms with E-state index in [2.05, 4.69) is 5.32 Å². The molecule has 0 spiro atoms. The number of halogens is 3. The van der Waals surface area contributed by atoms with Crippen molar-refractivity contribution >= 4 is 17.7 Å². The first-order valence-electron chi connectivity index (χ1n) is 6.04. The molecular formula is C15H9F3N2O2. The summed E-state index contributed by atoms with van der Waals surface area (Å²) in [6, 6.07) is 9.21. The average Bonchev–Trinajstić information content (AvgIpc) is 2.97. The molecule has 22 heavy (non-hydrogen) atoms. The van der Waals surface area contributed by atoms with Crippen LogP contribution in [0.5, 0.6) is 0 Å². The lowest BCUT2D eigenvalue weighted by atomic mass is 10.1. The van der Waals surface area contributed by atoms with Gasteiger partial charge in [0.25, 0.3) is 5.91 Å². The van der Waals surface area contributed by atoms with Crippen LogP contribution >= 0.6 is 0 Å². The lowest BCUT2D eigenvalue weighted by Crippen LogP contribution is -2.17. The van der Waals surface area contributed by atoms with E-state index in [1.165, 1.54) is 24.5 Å². The SMILES string of the molecule is N#C/C(=C\c1ccco1)C(=O)Nc1ccccc1C(F)(F)F. The van der Waals surface area contributed by atoms with Crippen LogP contribution in [0.1, 0.15) is 11.3 Å². The molecule has 0 aliphatic heterocycles. The summed E-state index contributed by atoms with van der Waals surface area (Å²) < 4.78 is 43.5. The maximum atomic E-state index is 12.8. The third kappa shape index (κ3) is 3.55. The Morgan fingerprint density at radius 2 is 1.95 bits per heavy atom. The molecular weight excluding hydrogens is 297 g/mol. The summed E-state index contributed by atoms with van der Waals surface area (Å²) in [4.78, 5) is 11.9. The number of hydrogen-bond acceptors (Lipinski definition) is 3. The molecule has 7 heteroatoms. The highest BCUT2D eigenvalue weighted by atomic mass is 19.4. The van der Waals surface area contributed by atoms with Crippen LogP contribution in [0, 0.1) is 11.3 Å². The lowest BCUT2D eigenvalue weighted by molar-refractivity contribution is -0.136. The first kappa shape index (κ1) is 15.4. The van der Waals surface area contributed by atoms with E-state index < -0.39 is 23.3 Å². The van der Waals surface area contributed by atoms with Crippen molar-refractivity contribution in [2.24, 2.45) is 0 Å². The molecule has 1 N–H and O–H groups in total. The van der Waals surface area contributed by atoms with Crippen LogP contribution in [-0.2, 0) is 11.0 Å². The molecule has 1 amide bonds. The Kier molecular flexibility index (Phi) is 4.32. The minimum atomic E-state index is -4.61. The summed E-state index contributed by atoms with van der Waals surface area (Å²) in [7, 11) is 0. The van der Waals surface area contributed by atoms with Gasteiger partial charge in [-0.15, -0.1) is 0 Å². The van der Waals surface area contributed by atoms with Crippen LogP contribution in [-0.4, -0.2) is 5.91 Å². The van der Waals surface area contributed by atoms with Crippen molar-refractivity contribution in [2.45, 2.75) is 6.18 Å². The van der Waals surface area contributed by atoms with Gasteiger partial charge in [-0.3, -0.25) is 4.79 Å². The predicted octanol–water partition coefficient (Wildman–Crippen LogP) is 3.84. The van der Waals surface area contributed by atoms with Gasteiger partial charge >= 0.3 is 6.18 Å². The first-order valence-corrected chi connectivity index (χ1v) is 6.04. The molecule has 0 aliphatic rings. The summed E-state index contributed by atoms with van der Waals surface area (Å²) >= 11 is 0. The van der Waals surface area contributed by atoms with Gasteiger partial charge in [0.15, 0.2) is 0 Å². The molecule has 0 unspecified atom stereocenters. The number of amides is 1. The molecule has 2 rings (SSSR count). The number of carbonyl (C=O) groups excluding carboxylic acids is 1. The number of alkyl halides is 3. The number of hydrogen-bond donors (Lipinski definition) is 1. The van der Waals surface area contributed by atoms with E-state index in [-0.39, 0.29) is 11.3 Å². The van der Waals surface area contributed by atoms with Gasteiger partial charge in [-0.25, -0.2) is 0 Å². The largest absolute Gasteiger partial charge is 0.465 e. The van der Waals surface area contributed by atoms with E-state index in [9.17, 15) is 18.0 Å². The molecule has 1 aromatic heterocycles. The number of furan rings is 1. The molecule has 0 radical (unpaired) electrons. The van der Waals surface area contributed by atoms with Crippen LogP contribution in [0.2, 0.25) is 0 Å². The quantitative estimate of drug-likeness (QED) is 0.692. The van der Waals surface area contributed by atoms with E-state index in [1.807, 2.05) is 0 Å². The molecule has 1 heterocycles. The van der Waals surface area contributed by atoms with Crippen molar-refractivity contribution in [3.8, 4) is 6.07 Å². The molecule has 112 valence electrons. The van der Waals surface area contributed by atoms with Crippen molar-refractivity contribution in [3.05, 3.63) is 59.6 Å². The summed E-state index contributed by atoms with van der Waals surface area (Å²) in [5.74, 6) is -0.702. The van der Waals surface area contributed by atoms with E-state index in [0.717, 1.165) is 18.2 Å². The zero-order valence-corrected chi connectivity index (χ0v) is 11.0. The lowest BCUT2D eigenvalue weighted by Gasteiger charge is -2.13. The number of benzene rings is 1. The van der Waals surface area contributed by atoms with Crippen LogP contribution in [0.15, 0.2) is 52.7 Å². The van der Waals surface area contributed by atoms with Crippen molar-refractivity contribution in [3.63, 3.8) is 0 Å². The summed E-state index contributed by atoms with van der Waals surface area (Å²) in [6.45, 7) is 0. The zero-order chi connectivity index (χ0) is 16.2. The molecule has 0 bridgehead atoms. The van der Waals surface area contributed by atoms with E-state index in [0.29, 0.717) is 0 Å². The fourth-order valence-corrected chi connectivity index (χ4v) is 1.69. The normalized spacial score (nSPS) is 11.8. The average molecular weight is 306 g/mol. The van der Waals surface area contributed by atoms with Crippen molar-refractivity contribution in [2.75, 3.05) is 5.32 Å². The van der Waals surface area contributed by atoms with Crippen LogP contribution in [0.25, 0.3) is 6.08 Å². The van der Waals surface area contributed by atoms with Crippen LogP contribution in [0.4, 0.5) is 18.9 Å². The number of carbonyl (C=O) groups is 1. The number of para-hydroxylation sites is 1. The van der Waals surface area contributed by atoms with Crippen molar-refractivity contribution in [1.82, 2.24) is 0 Å². The minimum absolute atomic E-state index is 0.246. The van der Waals surface area contributed by atoms with Gasteiger partial charge in [0, 0.05) is 6.08 Å². The first-order chi connectivity index (χ1) is 10.4. The minimum Gasteiger partial charge on any atom is -0.465 e. The van der Waals surface area contributed by atoms with Gasteiger partial charge in [-0.2, -0.15) is 18.4 Å². The third-order valence-corrected chi connectivity index (χ3v) is 2.68. The highest BCUT2D eigenvalue weighted by Crippen LogP contribution is 2.34. The van der Waals surface area contributed by atoms with E-state index in [4.69, 9.17) is 9.68 Å². The Morgan fingerprint density at radius 3 is 2.55 bits per heavy atom. The molecule has 0 saturated heterocycles. The molecule has 2 aromatic rings. The van der Waals surface area contributed by atoms with Crippen LogP contribution in [0.3, 0.4) is 0 Å². The predicted molar refractivity (Wildman–Crippen MR) is 72.4 cm³/mol. The second kappa shape index (κ2) is 6.18. The Balaban J connectivity index is 2.28. The molecule has 0 fully saturated rings. The molecule has 4 nitrogen and oxygen atoms in total. The fraction of sp³-hybridized carbons (Fsp3) is 0.0667. The molecule has 1 aromatic carbocycles. The number of anilines is 1. The number of rotatable bonds is 3. The maximum absolute atomic E-state index is 12.8. The highest BCUT2D eigenvalue weighted by molar-refractivity contribution is 6.09. The maximum Gasteiger partial charge on any atom is 0.418 e. The van der Waals surface area contributed by atoms with Gasteiger partial charge in [-0.1, -0.05) is 12.1 Å². The summed E-state index contributed by atoms with van der Waals surface area (Å²) in [5, 5.41) is 11.0. The monoisotopic (exact) mass is 306 g/mol. The van der Waals surface area contributed by atoms with Gasteiger partial charge < -0.3 is 9.73 Å².